The van der Waals surface area contributed by atoms with E-state index in [-0.39, 0.29) is 11.3 Å². The lowest BCUT2D eigenvalue weighted by molar-refractivity contribution is -0.385. The molecule has 1 aromatic carbocycles. The van der Waals surface area contributed by atoms with Crippen molar-refractivity contribution in [3.63, 3.8) is 0 Å². The third kappa shape index (κ3) is 4.26. The van der Waals surface area contributed by atoms with E-state index < -0.39 is 16.6 Å². The number of carbonyl (C=O) groups excluding carboxylic acids is 1. The van der Waals surface area contributed by atoms with Crippen LogP contribution in [-0.4, -0.2) is 34.2 Å². The molecule has 7 heteroatoms. The van der Waals surface area contributed by atoms with Crippen LogP contribution in [0.5, 0.6) is 0 Å². The summed E-state index contributed by atoms with van der Waals surface area (Å²) in [6.45, 7) is 2.91. The molecule has 0 aliphatic rings. The van der Waals surface area contributed by atoms with Crippen LogP contribution in [0.2, 0.25) is 0 Å². The second kappa shape index (κ2) is 7.94. The number of rotatable bonds is 7. The first-order valence-electron chi connectivity index (χ1n) is 6.30. The summed E-state index contributed by atoms with van der Waals surface area (Å²) in [5.74, 6) is -1.17. The summed E-state index contributed by atoms with van der Waals surface area (Å²) in [5.41, 5.74) is -0.570. The van der Waals surface area contributed by atoms with Crippen LogP contribution in [0.1, 0.15) is 30.1 Å². The molecular weight excluding hydrogens is 331 g/mol. The van der Waals surface area contributed by atoms with E-state index in [9.17, 15) is 19.3 Å². The van der Waals surface area contributed by atoms with Gasteiger partial charge in [-0.05, 0) is 18.6 Å². The Labute approximate surface area is 125 Å². The number of alkyl halides is 1. The fraction of sp³-hybridized carbons (Fsp3) is 0.462. The smallest absolute Gasteiger partial charge is 0.282 e. The van der Waals surface area contributed by atoms with Gasteiger partial charge in [0.2, 0.25) is 0 Å². The van der Waals surface area contributed by atoms with Gasteiger partial charge in [-0.1, -0.05) is 29.3 Å². The first-order chi connectivity index (χ1) is 9.51. The van der Waals surface area contributed by atoms with E-state index in [2.05, 4.69) is 15.9 Å². The Kier molecular flexibility index (Phi) is 6.57. The van der Waals surface area contributed by atoms with Crippen molar-refractivity contribution in [1.82, 2.24) is 4.90 Å². The standard InChI is InChI=1S/C13H16BrFN2O3/c1-2-3-7-16(8-6-14)13(18)11-9-10(15)4-5-12(11)17(19)20/h4-5,9H,2-3,6-8H2,1H3. The Morgan fingerprint density at radius 3 is 2.70 bits per heavy atom. The predicted octanol–water partition coefficient (Wildman–Crippen LogP) is 3.37. The van der Waals surface area contributed by atoms with Crippen LogP contribution in [0.25, 0.3) is 0 Å². The Bertz CT molecular complexity index is 497. The Hall–Kier alpha value is -1.50. The second-order valence-electron chi connectivity index (χ2n) is 4.25. The maximum Gasteiger partial charge on any atom is 0.282 e. The topological polar surface area (TPSA) is 63.5 Å². The number of amides is 1. The quantitative estimate of drug-likeness (QED) is 0.432. The largest absolute Gasteiger partial charge is 0.338 e. The van der Waals surface area contributed by atoms with Crippen LogP contribution in [0, 0.1) is 15.9 Å². The average molecular weight is 347 g/mol. The average Bonchev–Trinajstić information content (AvgIpc) is 2.42. The highest BCUT2D eigenvalue weighted by molar-refractivity contribution is 9.09. The number of unbranched alkanes of at least 4 members (excludes halogenated alkanes) is 1. The van der Waals surface area contributed by atoms with Gasteiger partial charge in [0.15, 0.2) is 0 Å². The highest BCUT2D eigenvalue weighted by atomic mass is 79.9. The Morgan fingerprint density at radius 1 is 1.45 bits per heavy atom. The number of hydrogen-bond donors (Lipinski definition) is 0. The van der Waals surface area contributed by atoms with Crippen molar-refractivity contribution >= 4 is 27.5 Å². The van der Waals surface area contributed by atoms with Crippen molar-refractivity contribution in [1.29, 1.82) is 0 Å². The van der Waals surface area contributed by atoms with Crippen LogP contribution in [0.4, 0.5) is 10.1 Å². The van der Waals surface area contributed by atoms with E-state index in [1.54, 1.807) is 0 Å². The molecule has 0 N–H and O–H groups in total. The fourth-order valence-corrected chi connectivity index (χ4v) is 2.20. The Balaban J connectivity index is 3.09. The summed E-state index contributed by atoms with van der Waals surface area (Å²) in [7, 11) is 0. The van der Waals surface area contributed by atoms with Crippen molar-refractivity contribution in [2.24, 2.45) is 0 Å². The minimum atomic E-state index is -0.668. The molecule has 20 heavy (non-hydrogen) atoms. The molecule has 0 spiro atoms. The molecule has 0 saturated heterocycles. The first kappa shape index (κ1) is 16.6. The summed E-state index contributed by atoms with van der Waals surface area (Å²) >= 11 is 3.24. The maximum absolute atomic E-state index is 13.3. The van der Waals surface area contributed by atoms with Gasteiger partial charge in [0.25, 0.3) is 11.6 Å². The van der Waals surface area contributed by atoms with Crippen LogP contribution < -0.4 is 0 Å². The van der Waals surface area contributed by atoms with Crippen LogP contribution in [-0.2, 0) is 0 Å². The number of carbonyl (C=O) groups is 1. The third-order valence-corrected chi connectivity index (χ3v) is 3.16. The molecule has 0 heterocycles. The van der Waals surface area contributed by atoms with Crippen LogP contribution >= 0.6 is 15.9 Å². The molecule has 0 aromatic heterocycles. The van der Waals surface area contributed by atoms with E-state index in [4.69, 9.17) is 0 Å². The summed E-state index contributed by atoms with van der Waals surface area (Å²) in [5, 5.41) is 11.5. The van der Waals surface area contributed by atoms with E-state index in [1.165, 1.54) is 4.90 Å². The number of hydrogen-bond acceptors (Lipinski definition) is 3. The fourth-order valence-electron chi connectivity index (χ4n) is 1.77. The predicted molar refractivity (Wildman–Crippen MR) is 77.7 cm³/mol. The molecule has 0 radical (unpaired) electrons. The minimum Gasteiger partial charge on any atom is -0.338 e. The summed E-state index contributed by atoms with van der Waals surface area (Å²) in [6, 6.07) is 2.93. The van der Waals surface area contributed by atoms with Gasteiger partial charge in [0, 0.05) is 24.5 Å². The normalized spacial score (nSPS) is 10.3. The zero-order chi connectivity index (χ0) is 15.1. The number of benzene rings is 1. The molecule has 0 bridgehead atoms. The second-order valence-corrected chi connectivity index (χ2v) is 5.05. The molecule has 5 nitrogen and oxygen atoms in total. The van der Waals surface area contributed by atoms with E-state index in [1.807, 2.05) is 6.92 Å². The molecule has 1 aromatic rings. The highest BCUT2D eigenvalue weighted by Gasteiger charge is 2.24. The van der Waals surface area contributed by atoms with Gasteiger partial charge in [-0.15, -0.1) is 0 Å². The van der Waals surface area contributed by atoms with Gasteiger partial charge >= 0.3 is 0 Å². The van der Waals surface area contributed by atoms with Crippen LogP contribution in [0.15, 0.2) is 18.2 Å². The first-order valence-corrected chi connectivity index (χ1v) is 7.42. The number of halogens is 2. The molecule has 1 rings (SSSR count). The monoisotopic (exact) mass is 346 g/mol. The number of nitrogens with zero attached hydrogens (tertiary/aromatic N) is 2. The molecule has 1 amide bonds. The summed E-state index contributed by atoms with van der Waals surface area (Å²) in [4.78, 5) is 24.1. The molecule has 0 fully saturated rings. The molecular formula is C13H16BrFN2O3. The van der Waals surface area contributed by atoms with Crippen molar-refractivity contribution < 1.29 is 14.1 Å². The molecule has 0 unspecified atom stereocenters. The zero-order valence-corrected chi connectivity index (χ0v) is 12.7. The zero-order valence-electron chi connectivity index (χ0n) is 11.1. The van der Waals surface area contributed by atoms with Gasteiger partial charge in [-0.3, -0.25) is 14.9 Å². The number of nitro benzene ring substituents is 1. The van der Waals surface area contributed by atoms with E-state index in [0.29, 0.717) is 18.4 Å². The highest BCUT2D eigenvalue weighted by Crippen LogP contribution is 2.21. The van der Waals surface area contributed by atoms with Crippen molar-refractivity contribution in [2.75, 3.05) is 18.4 Å². The third-order valence-electron chi connectivity index (χ3n) is 2.81. The lowest BCUT2D eigenvalue weighted by Crippen LogP contribution is -2.34. The van der Waals surface area contributed by atoms with Crippen molar-refractivity contribution in [3.05, 3.63) is 39.7 Å². The SMILES string of the molecule is CCCCN(CCBr)C(=O)c1cc(F)ccc1[N+](=O)[O-]. The number of nitro groups is 1. The summed E-state index contributed by atoms with van der Waals surface area (Å²) in [6.07, 6.45) is 1.69. The molecule has 110 valence electrons. The van der Waals surface area contributed by atoms with E-state index >= 15 is 0 Å². The molecule has 0 aliphatic heterocycles. The Morgan fingerprint density at radius 2 is 2.15 bits per heavy atom. The minimum absolute atomic E-state index is 0.202. The lowest BCUT2D eigenvalue weighted by atomic mass is 10.1. The van der Waals surface area contributed by atoms with Crippen molar-refractivity contribution in [3.8, 4) is 0 Å². The van der Waals surface area contributed by atoms with Gasteiger partial charge in [0.1, 0.15) is 11.4 Å². The summed E-state index contributed by atoms with van der Waals surface area (Å²) < 4.78 is 13.3. The van der Waals surface area contributed by atoms with Crippen LogP contribution in [0.3, 0.4) is 0 Å². The molecule has 0 atom stereocenters. The van der Waals surface area contributed by atoms with E-state index in [0.717, 1.165) is 31.0 Å². The van der Waals surface area contributed by atoms with Gasteiger partial charge < -0.3 is 4.90 Å². The molecule has 0 aliphatic carbocycles. The van der Waals surface area contributed by atoms with Gasteiger partial charge in [0.05, 0.1) is 4.92 Å². The van der Waals surface area contributed by atoms with Gasteiger partial charge in [-0.25, -0.2) is 4.39 Å². The lowest BCUT2D eigenvalue weighted by Gasteiger charge is -2.21. The van der Waals surface area contributed by atoms with Crippen molar-refractivity contribution in [2.45, 2.75) is 19.8 Å². The van der Waals surface area contributed by atoms with Gasteiger partial charge in [-0.2, -0.15) is 0 Å². The maximum atomic E-state index is 13.3. The molecule has 0 saturated carbocycles.